The molecule has 2 aromatic heterocycles. The van der Waals surface area contributed by atoms with Gasteiger partial charge in [0.25, 0.3) is 0 Å². The van der Waals surface area contributed by atoms with Crippen molar-refractivity contribution in [2.75, 3.05) is 18.9 Å². The SMILES string of the molecule is C=C(Cl)/C=C(/Cl)COC[C@H]1O[C@@H](n2ccc3c(N)ncnc32)[C@@](O)(C#CC)[C@@H]1OCc1ccc(Cl)cc1Cl. The van der Waals surface area contributed by atoms with Crippen molar-refractivity contribution in [1.82, 2.24) is 14.5 Å². The molecule has 1 aliphatic heterocycles. The molecule has 1 aliphatic rings. The van der Waals surface area contributed by atoms with Gasteiger partial charge in [0.15, 0.2) is 11.8 Å². The number of ether oxygens (including phenoxy) is 3. The smallest absolute Gasteiger partial charge is 0.199 e. The first-order valence-electron chi connectivity index (χ1n) is 11.4. The Bertz CT molecular complexity index is 1430. The molecule has 200 valence electrons. The largest absolute Gasteiger partial charge is 0.383 e. The number of anilines is 1. The van der Waals surface area contributed by atoms with Crippen molar-refractivity contribution in [3.63, 3.8) is 0 Å². The van der Waals surface area contributed by atoms with Gasteiger partial charge in [-0.15, -0.1) is 5.92 Å². The molecular weight excluding hydrogens is 574 g/mol. The van der Waals surface area contributed by atoms with Gasteiger partial charge < -0.3 is 29.6 Å². The lowest BCUT2D eigenvalue weighted by Crippen LogP contribution is -2.47. The molecule has 4 rings (SSSR count). The first-order valence-corrected chi connectivity index (χ1v) is 12.9. The van der Waals surface area contributed by atoms with Crippen LogP contribution in [0.5, 0.6) is 0 Å². The number of rotatable bonds is 9. The van der Waals surface area contributed by atoms with Crippen molar-refractivity contribution in [3.8, 4) is 11.8 Å². The molecule has 3 aromatic rings. The summed E-state index contributed by atoms with van der Waals surface area (Å²) in [6.45, 7) is 5.30. The van der Waals surface area contributed by atoms with Crippen molar-refractivity contribution < 1.29 is 19.3 Å². The number of fused-ring (bicyclic) bond motifs is 1. The van der Waals surface area contributed by atoms with Crippen molar-refractivity contribution in [3.05, 3.63) is 75.1 Å². The molecule has 0 amide bonds. The molecule has 1 saturated heterocycles. The predicted molar refractivity (Wildman–Crippen MR) is 149 cm³/mol. The van der Waals surface area contributed by atoms with E-state index in [1.165, 1.54) is 12.4 Å². The molecule has 0 bridgehead atoms. The highest BCUT2D eigenvalue weighted by Gasteiger charge is 2.57. The fourth-order valence-electron chi connectivity index (χ4n) is 4.22. The summed E-state index contributed by atoms with van der Waals surface area (Å²) in [6.07, 6.45) is 1.77. The van der Waals surface area contributed by atoms with Crippen LogP contribution in [0.2, 0.25) is 10.0 Å². The van der Waals surface area contributed by atoms with E-state index in [0.717, 1.165) is 0 Å². The Morgan fingerprint density at radius 2 is 2.11 bits per heavy atom. The van der Waals surface area contributed by atoms with E-state index in [1.54, 1.807) is 42.0 Å². The topological polar surface area (TPSA) is 105 Å². The number of benzene rings is 1. The molecule has 3 N–H and O–H groups in total. The molecule has 1 aromatic carbocycles. The zero-order valence-corrected chi connectivity index (χ0v) is 23.2. The van der Waals surface area contributed by atoms with Crippen LogP contribution in [-0.2, 0) is 20.8 Å². The van der Waals surface area contributed by atoms with Gasteiger partial charge in [-0.1, -0.05) is 65.0 Å². The number of nitrogens with zero attached hydrogens (tertiary/aromatic N) is 3. The fourth-order valence-corrected chi connectivity index (χ4v) is 5.08. The Morgan fingerprint density at radius 1 is 1.32 bits per heavy atom. The molecule has 0 aliphatic carbocycles. The molecule has 1 fully saturated rings. The van der Waals surface area contributed by atoms with Gasteiger partial charge in [-0.25, -0.2) is 9.97 Å². The molecular formula is C26H24Cl4N4O4. The highest BCUT2D eigenvalue weighted by molar-refractivity contribution is 6.35. The zero-order valence-electron chi connectivity index (χ0n) is 20.2. The fraction of sp³-hybridized carbons (Fsp3) is 0.308. The van der Waals surface area contributed by atoms with E-state index >= 15 is 0 Å². The third-order valence-electron chi connectivity index (χ3n) is 5.84. The van der Waals surface area contributed by atoms with Crippen LogP contribution in [0.1, 0.15) is 18.7 Å². The summed E-state index contributed by atoms with van der Waals surface area (Å²) in [4.78, 5) is 8.36. The minimum absolute atomic E-state index is 0.0123. The number of allylic oxidation sites excluding steroid dienone is 2. The van der Waals surface area contributed by atoms with E-state index in [4.69, 9.17) is 66.3 Å². The first kappa shape index (κ1) is 28.7. The van der Waals surface area contributed by atoms with Crippen molar-refractivity contribution >= 4 is 63.3 Å². The van der Waals surface area contributed by atoms with Gasteiger partial charge >= 0.3 is 0 Å². The maximum atomic E-state index is 12.0. The number of halogens is 4. The van der Waals surface area contributed by atoms with Crippen LogP contribution in [0, 0.1) is 11.8 Å². The zero-order chi connectivity index (χ0) is 27.4. The predicted octanol–water partition coefficient (Wildman–Crippen LogP) is 5.45. The summed E-state index contributed by atoms with van der Waals surface area (Å²) in [5.74, 6) is 5.98. The molecule has 0 radical (unpaired) electrons. The number of aromatic nitrogens is 3. The first-order chi connectivity index (χ1) is 18.1. The van der Waals surface area contributed by atoms with Gasteiger partial charge in [0.1, 0.15) is 30.0 Å². The van der Waals surface area contributed by atoms with Crippen LogP contribution < -0.4 is 5.73 Å². The highest BCUT2D eigenvalue weighted by Crippen LogP contribution is 2.42. The third-order valence-corrected chi connectivity index (χ3v) is 6.75. The molecule has 38 heavy (non-hydrogen) atoms. The van der Waals surface area contributed by atoms with Gasteiger partial charge in [0, 0.05) is 26.3 Å². The average molecular weight is 598 g/mol. The second-order valence-corrected chi connectivity index (χ2v) is 10.3. The van der Waals surface area contributed by atoms with E-state index in [1.807, 2.05) is 0 Å². The van der Waals surface area contributed by atoms with Crippen LogP contribution in [0.3, 0.4) is 0 Å². The molecule has 3 heterocycles. The van der Waals surface area contributed by atoms with Crippen LogP contribution in [0.15, 0.2) is 59.5 Å². The highest BCUT2D eigenvalue weighted by atomic mass is 35.5. The summed E-state index contributed by atoms with van der Waals surface area (Å²) in [5.41, 5.74) is 5.35. The lowest BCUT2D eigenvalue weighted by molar-refractivity contribution is -0.0886. The molecule has 12 heteroatoms. The van der Waals surface area contributed by atoms with Crippen molar-refractivity contribution in [1.29, 1.82) is 0 Å². The molecule has 4 atom stereocenters. The maximum Gasteiger partial charge on any atom is 0.199 e. The minimum atomic E-state index is -1.81. The van der Waals surface area contributed by atoms with E-state index in [-0.39, 0.29) is 24.9 Å². The maximum absolute atomic E-state index is 12.0. The van der Waals surface area contributed by atoms with Crippen LogP contribution in [0.25, 0.3) is 11.0 Å². The lowest BCUT2D eigenvalue weighted by atomic mass is 9.94. The molecule has 0 saturated carbocycles. The second kappa shape index (κ2) is 12.2. The van der Waals surface area contributed by atoms with Gasteiger partial charge in [-0.3, -0.25) is 0 Å². The van der Waals surface area contributed by atoms with Crippen molar-refractivity contribution in [2.24, 2.45) is 0 Å². The number of nitrogens with two attached hydrogens (primary N) is 1. The minimum Gasteiger partial charge on any atom is -0.383 e. The Hall–Kier alpha value is -2.32. The summed E-state index contributed by atoms with van der Waals surface area (Å²) < 4.78 is 20.0. The Morgan fingerprint density at radius 3 is 2.82 bits per heavy atom. The number of aliphatic hydroxyl groups is 1. The number of hydrogen-bond donors (Lipinski definition) is 2. The van der Waals surface area contributed by atoms with E-state index < -0.39 is 24.0 Å². The van der Waals surface area contributed by atoms with Crippen LogP contribution in [-0.4, -0.2) is 50.7 Å². The quantitative estimate of drug-likeness (QED) is 0.250. The van der Waals surface area contributed by atoms with E-state index in [2.05, 4.69) is 28.4 Å². The van der Waals surface area contributed by atoms with Crippen LogP contribution in [0.4, 0.5) is 5.82 Å². The lowest BCUT2D eigenvalue weighted by Gasteiger charge is -2.30. The average Bonchev–Trinajstić information content (AvgIpc) is 3.38. The van der Waals surface area contributed by atoms with Gasteiger partial charge in [-0.2, -0.15) is 0 Å². The number of nitrogen functional groups attached to an aromatic ring is 1. The van der Waals surface area contributed by atoms with Crippen LogP contribution >= 0.6 is 46.4 Å². The second-order valence-electron chi connectivity index (χ2n) is 8.47. The Labute approximate surface area is 239 Å². The molecule has 0 spiro atoms. The normalized spacial score (nSPS) is 23.4. The number of hydrogen-bond acceptors (Lipinski definition) is 7. The summed E-state index contributed by atoms with van der Waals surface area (Å²) in [6, 6.07) is 6.80. The Balaban J connectivity index is 1.68. The van der Waals surface area contributed by atoms with Gasteiger partial charge in [0.05, 0.1) is 25.2 Å². The van der Waals surface area contributed by atoms with Gasteiger partial charge in [0.2, 0.25) is 0 Å². The third kappa shape index (κ3) is 6.12. The van der Waals surface area contributed by atoms with Gasteiger partial charge in [-0.05, 0) is 36.8 Å². The van der Waals surface area contributed by atoms with Crippen molar-refractivity contribution in [2.45, 2.75) is 37.6 Å². The van der Waals surface area contributed by atoms with E-state index in [0.29, 0.717) is 37.5 Å². The standard InChI is InChI=1S/C26H24Cl4N4O4/c1-3-7-26(35)22(37-11-16-4-5-17(28)10-20(16)30)21(13-36-12-18(29)9-15(2)27)38-25(26)34-8-6-19-23(31)32-14-33-24(19)34/h4-6,8-10,14,21-22,25,35H,2,11-13H2,1H3,(H2,31,32,33)/b18-9+/t21-,22-,25-,26-/m1/s1. The molecule has 8 nitrogen and oxygen atoms in total. The Kier molecular flexibility index (Phi) is 9.24. The van der Waals surface area contributed by atoms with E-state index in [9.17, 15) is 5.11 Å². The monoisotopic (exact) mass is 596 g/mol. The summed E-state index contributed by atoms with van der Waals surface area (Å²) in [5, 5.41) is 14.1. The summed E-state index contributed by atoms with van der Waals surface area (Å²) in [7, 11) is 0. The molecule has 0 unspecified atom stereocenters. The summed E-state index contributed by atoms with van der Waals surface area (Å²) >= 11 is 24.3.